The first-order valence-electron chi connectivity index (χ1n) is 7.90. The molecule has 0 radical (unpaired) electrons. The minimum Gasteiger partial charge on any atom is -0.548 e. The van der Waals surface area contributed by atoms with Crippen LogP contribution in [0, 0.1) is 13.8 Å². The number of aryl methyl sites for hydroxylation is 2. The molecule has 2 aromatic rings. The second-order valence-electron chi connectivity index (χ2n) is 5.94. The predicted molar refractivity (Wildman–Crippen MR) is 99.1 cm³/mol. The quantitative estimate of drug-likeness (QED) is 0.827. The molecular weight excluding hydrogens is 393 g/mol. The fraction of sp³-hybridized carbons (Fsp3) is 0.235. The first-order chi connectivity index (χ1) is 12.7. The molecule has 27 heavy (non-hydrogen) atoms. The lowest BCUT2D eigenvalue weighted by molar-refractivity contribution is -0.307. The van der Waals surface area contributed by atoms with Gasteiger partial charge in [-0.05, 0) is 38.1 Å². The number of aliphatic imine (C=N–C) groups is 1. The van der Waals surface area contributed by atoms with Gasteiger partial charge in [-0.25, -0.2) is 9.97 Å². The zero-order valence-corrected chi connectivity index (χ0v) is 15.9. The Hall–Kier alpha value is -2.71. The van der Waals surface area contributed by atoms with E-state index in [0.717, 1.165) is 0 Å². The number of aliphatic carboxylic acids is 1. The lowest BCUT2D eigenvalue weighted by Gasteiger charge is -2.38. The molecule has 1 atom stereocenters. The second kappa shape index (κ2) is 7.50. The van der Waals surface area contributed by atoms with Crippen LogP contribution in [-0.4, -0.2) is 33.8 Å². The largest absolute Gasteiger partial charge is 0.548 e. The lowest BCUT2D eigenvalue weighted by Crippen LogP contribution is -2.61. The number of hydrogen-bond donors (Lipinski definition) is 1. The maximum absolute atomic E-state index is 12.0. The summed E-state index contributed by atoms with van der Waals surface area (Å²) in [6.07, 6.45) is -0.325. The Bertz CT molecular complexity index is 943. The van der Waals surface area contributed by atoms with Crippen LogP contribution in [0.3, 0.4) is 0 Å². The highest BCUT2D eigenvalue weighted by Gasteiger charge is 2.34. The van der Waals surface area contributed by atoms with Crippen molar-refractivity contribution in [1.82, 2.24) is 15.3 Å². The Kier molecular flexibility index (Phi) is 5.29. The van der Waals surface area contributed by atoms with E-state index >= 15 is 0 Å². The first-order valence-corrected chi connectivity index (χ1v) is 8.66. The minimum atomic E-state index is -1.44. The van der Waals surface area contributed by atoms with Gasteiger partial charge in [0.2, 0.25) is 11.9 Å². The molecule has 1 aliphatic rings. The van der Waals surface area contributed by atoms with Crippen molar-refractivity contribution in [3.63, 3.8) is 0 Å². The summed E-state index contributed by atoms with van der Waals surface area (Å²) in [6, 6.07) is 5.02. The summed E-state index contributed by atoms with van der Waals surface area (Å²) in [5.41, 5.74) is 1.66. The Morgan fingerprint density at radius 3 is 2.52 bits per heavy atom. The van der Waals surface area contributed by atoms with E-state index in [1.807, 2.05) is 0 Å². The molecule has 1 aromatic carbocycles. The van der Waals surface area contributed by atoms with E-state index in [4.69, 9.17) is 23.2 Å². The van der Waals surface area contributed by atoms with Gasteiger partial charge in [0.1, 0.15) is 0 Å². The molecule has 1 N–H and O–H groups in total. The van der Waals surface area contributed by atoms with Crippen molar-refractivity contribution in [2.75, 3.05) is 4.90 Å². The zero-order chi connectivity index (χ0) is 19.7. The van der Waals surface area contributed by atoms with Gasteiger partial charge in [-0.2, -0.15) is 4.99 Å². The molecule has 8 nitrogen and oxygen atoms in total. The number of halogens is 2. The van der Waals surface area contributed by atoms with Gasteiger partial charge in [-0.15, -0.1) is 0 Å². The SMILES string of the molecule is Cc1cc(C)nc(N=C2NC(=O)CC(C(=O)[O-])N2c2ccc(Cl)cc2Cl)n1. The lowest BCUT2D eigenvalue weighted by atomic mass is 10.1. The van der Waals surface area contributed by atoms with Crippen LogP contribution in [0.4, 0.5) is 11.6 Å². The number of nitrogens with zero attached hydrogens (tertiary/aromatic N) is 4. The van der Waals surface area contributed by atoms with Gasteiger partial charge in [0.15, 0.2) is 0 Å². The zero-order valence-electron chi connectivity index (χ0n) is 14.4. The van der Waals surface area contributed by atoms with Crippen molar-refractivity contribution < 1.29 is 14.7 Å². The van der Waals surface area contributed by atoms with Gasteiger partial charge >= 0.3 is 0 Å². The molecule has 2 heterocycles. The van der Waals surface area contributed by atoms with Crippen molar-refractivity contribution in [2.45, 2.75) is 26.3 Å². The van der Waals surface area contributed by atoms with Crippen molar-refractivity contribution >= 4 is 52.7 Å². The number of rotatable bonds is 3. The van der Waals surface area contributed by atoms with Crippen LogP contribution in [0.5, 0.6) is 0 Å². The maximum atomic E-state index is 12.0. The van der Waals surface area contributed by atoms with E-state index in [1.54, 1.807) is 26.0 Å². The Morgan fingerprint density at radius 1 is 1.26 bits per heavy atom. The van der Waals surface area contributed by atoms with Crippen LogP contribution in [0.15, 0.2) is 29.3 Å². The number of nitrogens with one attached hydrogen (secondary N) is 1. The third-order valence-corrected chi connectivity index (χ3v) is 4.33. The summed E-state index contributed by atoms with van der Waals surface area (Å²) in [5.74, 6) is -1.94. The smallest absolute Gasteiger partial charge is 0.253 e. The molecular formula is C17H14Cl2N5O3-. The van der Waals surface area contributed by atoms with Gasteiger partial charge in [0.05, 0.1) is 29.1 Å². The molecule has 3 rings (SSSR count). The third-order valence-electron chi connectivity index (χ3n) is 3.79. The Balaban J connectivity index is 2.16. The highest BCUT2D eigenvalue weighted by Crippen LogP contribution is 2.32. The van der Waals surface area contributed by atoms with Crippen LogP contribution >= 0.6 is 23.2 Å². The van der Waals surface area contributed by atoms with Gasteiger partial charge in [-0.3, -0.25) is 10.1 Å². The molecule has 140 valence electrons. The summed E-state index contributed by atoms with van der Waals surface area (Å²) in [5, 5.41) is 14.8. The topological polar surface area (TPSA) is 111 Å². The van der Waals surface area contributed by atoms with Crippen molar-refractivity contribution in [1.29, 1.82) is 0 Å². The second-order valence-corrected chi connectivity index (χ2v) is 6.78. The molecule has 1 fully saturated rings. The number of aromatic nitrogens is 2. The monoisotopic (exact) mass is 406 g/mol. The number of anilines is 1. The van der Waals surface area contributed by atoms with E-state index in [0.29, 0.717) is 22.1 Å². The van der Waals surface area contributed by atoms with Gasteiger partial charge in [-0.1, -0.05) is 23.2 Å². The molecule has 0 bridgehead atoms. The number of carboxylic acid groups (broad SMARTS) is 1. The van der Waals surface area contributed by atoms with Crippen LogP contribution in [0.2, 0.25) is 10.0 Å². The molecule has 0 spiro atoms. The summed E-state index contributed by atoms with van der Waals surface area (Å²) in [6.45, 7) is 3.55. The van der Waals surface area contributed by atoms with Crippen LogP contribution in [0.1, 0.15) is 17.8 Å². The molecule has 10 heteroatoms. The van der Waals surface area contributed by atoms with Crippen LogP contribution < -0.4 is 15.3 Å². The standard InChI is InChI=1S/C17H15Cl2N5O3/c1-8-5-9(2)21-16(20-8)23-17-22-14(25)7-13(15(26)27)24(17)12-4-3-10(18)6-11(12)19/h3-6,13H,7H2,1-2H3,(H,26,27)(H,20,21,22,23,25)/p-1. The fourth-order valence-electron chi connectivity index (χ4n) is 2.73. The van der Waals surface area contributed by atoms with Crippen molar-refractivity contribution in [3.05, 3.63) is 45.7 Å². The Morgan fingerprint density at radius 2 is 1.93 bits per heavy atom. The molecule has 1 saturated heterocycles. The number of hydrogen-bond acceptors (Lipinski definition) is 6. The Labute approximate surface area is 164 Å². The summed E-state index contributed by atoms with van der Waals surface area (Å²) >= 11 is 12.2. The van der Waals surface area contributed by atoms with E-state index in [2.05, 4.69) is 20.3 Å². The van der Waals surface area contributed by atoms with Crippen LogP contribution in [-0.2, 0) is 9.59 Å². The molecule has 1 unspecified atom stereocenters. The molecule has 1 aliphatic heterocycles. The predicted octanol–water partition coefficient (Wildman–Crippen LogP) is 1.53. The number of carbonyl (C=O) groups is 2. The van der Waals surface area contributed by atoms with Crippen molar-refractivity contribution in [2.24, 2.45) is 4.99 Å². The van der Waals surface area contributed by atoms with Gasteiger partial charge in [0.25, 0.3) is 5.95 Å². The first kappa shape index (κ1) is 19.1. The number of benzene rings is 1. The molecule has 0 saturated carbocycles. The van der Waals surface area contributed by atoms with Crippen LogP contribution in [0.25, 0.3) is 0 Å². The summed E-state index contributed by atoms with van der Waals surface area (Å²) in [4.78, 5) is 37.6. The van der Waals surface area contributed by atoms with E-state index < -0.39 is 17.9 Å². The van der Waals surface area contributed by atoms with E-state index in [-0.39, 0.29) is 23.4 Å². The number of amides is 1. The number of guanidine groups is 1. The third kappa shape index (κ3) is 4.17. The van der Waals surface area contributed by atoms with E-state index in [9.17, 15) is 14.7 Å². The molecule has 0 aliphatic carbocycles. The fourth-order valence-corrected chi connectivity index (χ4v) is 3.23. The molecule has 1 aromatic heterocycles. The highest BCUT2D eigenvalue weighted by atomic mass is 35.5. The summed E-state index contributed by atoms with van der Waals surface area (Å²) < 4.78 is 0. The number of carbonyl (C=O) groups excluding carboxylic acids is 2. The normalized spacial score (nSPS) is 18.5. The van der Waals surface area contributed by atoms with Gasteiger partial charge in [0, 0.05) is 16.4 Å². The number of carboxylic acids is 1. The minimum absolute atomic E-state index is 0.0605. The maximum Gasteiger partial charge on any atom is 0.253 e. The van der Waals surface area contributed by atoms with E-state index in [1.165, 1.54) is 17.0 Å². The average Bonchev–Trinajstić information content (AvgIpc) is 2.54. The molecule has 1 amide bonds. The van der Waals surface area contributed by atoms with Gasteiger partial charge < -0.3 is 14.8 Å². The summed E-state index contributed by atoms with van der Waals surface area (Å²) in [7, 11) is 0. The average molecular weight is 407 g/mol. The highest BCUT2D eigenvalue weighted by molar-refractivity contribution is 6.37. The van der Waals surface area contributed by atoms with Crippen molar-refractivity contribution in [3.8, 4) is 0 Å².